The fourth-order valence-corrected chi connectivity index (χ4v) is 5.33. The molecule has 158 valence electrons. The van der Waals surface area contributed by atoms with E-state index in [0.29, 0.717) is 6.04 Å². The largest absolute Gasteiger partial charge is 0.242 e. The van der Waals surface area contributed by atoms with Crippen LogP contribution in [0.3, 0.4) is 0 Å². The van der Waals surface area contributed by atoms with Gasteiger partial charge in [-0.25, -0.2) is 8.93 Å². The molecule has 0 aromatic heterocycles. The lowest BCUT2D eigenvalue weighted by molar-refractivity contribution is 0.332. The van der Waals surface area contributed by atoms with E-state index in [2.05, 4.69) is 53.2 Å². The summed E-state index contributed by atoms with van der Waals surface area (Å²) in [6.45, 7) is 15.6. The van der Waals surface area contributed by atoms with Crippen LogP contribution in [-0.2, 0) is 11.0 Å². The van der Waals surface area contributed by atoms with Crippen LogP contribution in [0.2, 0.25) is 0 Å². The van der Waals surface area contributed by atoms with Crippen molar-refractivity contribution in [3.63, 3.8) is 0 Å². The summed E-state index contributed by atoms with van der Waals surface area (Å²) in [6.07, 6.45) is 16.5. The molecule has 0 aromatic carbocycles. The van der Waals surface area contributed by atoms with Crippen molar-refractivity contribution in [1.82, 2.24) is 4.72 Å². The lowest BCUT2D eigenvalue weighted by Crippen LogP contribution is -2.43. The summed E-state index contributed by atoms with van der Waals surface area (Å²) in [7, 11) is -0.975. The Bertz CT molecular complexity index is 346. The molecule has 0 spiro atoms. The minimum atomic E-state index is -0.975. The Balaban J connectivity index is 4.52. The maximum absolute atomic E-state index is 13.0. The van der Waals surface area contributed by atoms with Gasteiger partial charge in [-0.3, -0.25) is 0 Å². The van der Waals surface area contributed by atoms with Crippen LogP contribution in [0.5, 0.6) is 0 Å². The van der Waals surface area contributed by atoms with Crippen molar-refractivity contribution in [3.05, 3.63) is 0 Å². The first kappa shape index (κ1) is 26.1. The van der Waals surface area contributed by atoms with Gasteiger partial charge in [0, 0.05) is 6.04 Å². The average molecular weight is 388 g/mol. The van der Waals surface area contributed by atoms with Gasteiger partial charge in [0.25, 0.3) is 0 Å². The van der Waals surface area contributed by atoms with Gasteiger partial charge in [-0.05, 0) is 38.5 Å². The molecule has 0 fully saturated rings. The van der Waals surface area contributed by atoms with E-state index in [9.17, 15) is 4.21 Å². The first-order valence-corrected chi connectivity index (χ1v) is 12.5. The molecule has 0 radical (unpaired) electrons. The molecule has 1 N–H and O–H groups in total. The average Bonchev–Trinajstić information content (AvgIpc) is 2.51. The molecule has 26 heavy (non-hydrogen) atoms. The Morgan fingerprint density at radius 1 is 0.731 bits per heavy atom. The topological polar surface area (TPSA) is 29.1 Å². The second-order valence-corrected chi connectivity index (χ2v) is 11.9. The maximum atomic E-state index is 13.0. The van der Waals surface area contributed by atoms with E-state index in [4.69, 9.17) is 0 Å². The Kier molecular flexibility index (Phi) is 14.2. The summed E-state index contributed by atoms with van der Waals surface area (Å²) in [5.74, 6) is 0. The fraction of sp³-hybridized carbons (Fsp3) is 1.00. The van der Waals surface area contributed by atoms with Crippen LogP contribution in [-0.4, -0.2) is 15.0 Å². The summed E-state index contributed by atoms with van der Waals surface area (Å²) >= 11 is 0. The zero-order valence-electron chi connectivity index (χ0n) is 19.1. The highest BCUT2D eigenvalue weighted by Gasteiger charge is 2.32. The standard InChI is InChI=1S/C23H49NOS/c1-8-10-12-14-16-18-21(19-17-15-13-11-9-2)24-26(25)23(6,7)20-22(3,4)5/h21,24H,8-20H2,1-7H3. The number of unbranched alkanes of at least 4 members (excludes halogenated alkanes) is 8. The third kappa shape index (κ3) is 14.2. The van der Waals surface area contributed by atoms with Gasteiger partial charge in [-0.2, -0.15) is 0 Å². The zero-order chi connectivity index (χ0) is 20.1. The minimum absolute atomic E-state index is 0.180. The Morgan fingerprint density at radius 2 is 1.15 bits per heavy atom. The predicted octanol–water partition coefficient (Wildman–Crippen LogP) is 7.54. The molecule has 0 aliphatic carbocycles. The number of hydrogen-bond acceptors (Lipinski definition) is 1. The quantitative estimate of drug-likeness (QED) is 0.272. The highest BCUT2D eigenvalue weighted by Crippen LogP contribution is 2.30. The number of nitrogens with one attached hydrogen (secondary N) is 1. The molecule has 1 atom stereocenters. The molecule has 2 nitrogen and oxygen atoms in total. The SMILES string of the molecule is CCCCCCCC(CCCCCCC)NS(=O)C(C)(C)CC(C)(C)C. The molecule has 1 unspecified atom stereocenters. The summed E-state index contributed by atoms with van der Waals surface area (Å²) in [4.78, 5) is 0. The summed E-state index contributed by atoms with van der Waals surface area (Å²) in [6, 6.07) is 0.415. The van der Waals surface area contributed by atoms with Crippen LogP contribution in [0.15, 0.2) is 0 Å². The van der Waals surface area contributed by atoms with Crippen molar-refractivity contribution in [2.75, 3.05) is 0 Å². The van der Waals surface area contributed by atoms with E-state index in [1.807, 2.05) is 0 Å². The zero-order valence-corrected chi connectivity index (χ0v) is 19.9. The van der Waals surface area contributed by atoms with Crippen molar-refractivity contribution >= 4 is 11.0 Å². The molecule has 0 saturated carbocycles. The molecular formula is C23H49NOS. The molecule has 0 heterocycles. The molecule has 0 aliphatic heterocycles. The molecule has 3 heteroatoms. The maximum Gasteiger partial charge on any atom is 0.0975 e. The Morgan fingerprint density at radius 3 is 1.54 bits per heavy atom. The van der Waals surface area contributed by atoms with Crippen LogP contribution in [0.25, 0.3) is 0 Å². The second-order valence-electron chi connectivity index (χ2n) is 9.99. The fourth-order valence-electron chi connectivity index (χ4n) is 3.90. The van der Waals surface area contributed by atoms with Crippen LogP contribution < -0.4 is 4.72 Å². The predicted molar refractivity (Wildman–Crippen MR) is 120 cm³/mol. The molecule has 0 amide bonds. The van der Waals surface area contributed by atoms with E-state index in [1.54, 1.807) is 0 Å². The van der Waals surface area contributed by atoms with Crippen molar-refractivity contribution < 1.29 is 4.21 Å². The van der Waals surface area contributed by atoms with Gasteiger partial charge in [-0.15, -0.1) is 0 Å². The molecular weight excluding hydrogens is 338 g/mol. The lowest BCUT2D eigenvalue weighted by Gasteiger charge is -2.33. The van der Waals surface area contributed by atoms with Crippen LogP contribution in [0.4, 0.5) is 0 Å². The highest BCUT2D eigenvalue weighted by atomic mass is 32.2. The molecule has 0 saturated heterocycles. The van der Waals surface area contributed by atoms with Gasteiger partial charge in [0.05, 0.1) is 15.7 Å². The third-order valence-electron chi connectivity index (χ3n) is 5.04. The first-order chi connectivity index (χ1) is 12.1. The third-order valence-corrected chi connectivity index (χ3v) is 6.74. The van der Waals surface area contributed by atoms with Gasteiger partial charge in [-0.1, -0.05) is 98.8 Å². The van der Waals surface area contributed by atoms with E-state index in [1.165, 1.54) is 77.0 Å². The highest BCUT2D eigenvalue weighted by molar-refractivity contribution is 7.84. The minimum Gasteiger partial charge on any atom is -0.242 e. The molecule has 0 bridgehead atoms. The van der Waals surface area contributed by atoms with Gasteiger partial charge in [0.15, 0.2) is 0 Å². The molecule has 0 aromatic rings. The molecule has 0 rings (SSSR count). The van der Waals surface area contributed by atoms with Crippen LogP contribution >= 0.6 is 0 Å². The van der Waals surface area contributed by atoms with Gasteiger partial charge >= 0.3 is 0 Å². The normalized spacial score (nSPS) is 14.2. The van der Waals surface area contributed by atoms with Crippen LogP contribution in [0, 0.1) is 5.41 Å². The van der Waals surface area contributed by atoms with Crippen molar-refractivity contribution in [1.29, 1.82) is 0 Å². The van der Waals surface area contributed by atoms with E-state index in [0.717, 1.165) is 6.42 Å². The number of rotatable bonds is 16. The van der Waals surface area contributed by atoms with E-state index >= 15 is 0 Å². The van der Waals surface area contributed by atoms with Gasteiger partial charge in [0.1, 0.15) is 0 Å². The van der Waals surface area contributed by atoms with Crippen LogP contribution in [0.1, 0.15) is 132 Å². The Labute approximate surface area is 168 Å². The lowest BCUT2D eigenvalue weighted by atomic mass is 9.86. The van der Waals surface area contributed by atoms with Gasteiger partial charge < -0.3 is 0 Å². The summed E-state index contributed by atoms with van der Waals surface area (Å²) in [5.41, 5.74) is 0.205. The second kappa shape index (κ2) is 14.2. The Hall–Kier alpha value is 0.110. The summed E-state index contributed by atoms with van der Waals surface area (Å²) < 4.78 is 16.4. The number of hydrogen-bond donors (Lipinski definition) is 1. The molecule has 0 aliphatic rings. The van der Waals surface area contributed by atoms with Gasteiger partial charge in [0.2, 0.25) is 0 Å². The van der Waals surface area contributed by atoms with E-state index < -0.39 is 11.0 Å². The monoisotopic (exact) mass is 387 g/mol. The first-order valence-electron chi connectivity index (χ1n) is 11.3. The summed E-state index contributed by atoms with van der Waals surface area (Å²) in [5, 5.41) is 0. The smallest absolute Gasteiger partial charge is 0.0975 e. The van der Waals surface area contributed by atoms with Crippen molar-refractivity contribution in [2.24, 2.45) is 5.41 Å². The van der Waals surface area contributed by atoms with E-state index in [-0.39, 0.29) is 10.2 Å². The van der Waals surface area contributed by atoms with Crippen molar-refractivity contribution in [3.8, 4) is 0 Å². The van der Waals surface area contributed by atoms with Crippen molar-refractivity contribution in [2.45, 2.75) is 143 Å².